The highest BCUT2D eigenvalue weighted by molar-refractivity contribution is 7.99. The molecule has 7 heteroatoms. The van der Waals surface area contributed by atoms with Crippen LogP contribution in [0, 0.1) is 0 Å². The lowest BCUT2D eigenvalue weighted by Crippen LogP contribution is -2.26. The third-order valence-corrected chi connectivity index (χ3v) is 7.66. The maximum Gasteiger partial charge on any atom is 0.251 e. The molecule has 4 aromatic carbocycles. The third kappa shape index (κ3) is 6.21. The molecule has 0 saturated heterocycles. The molecule has 0 spiro atoms. The molecule has 0 aliphatic rings. The highest BCUT2D eigenvalue weighted by Crippen LogP contribution is 2.37. The molecule has 196 valence electrons. The first kappa shape index (κ1) is 26.3. The van der Waals surface area contributed by atoms with Crippen LogP contribution in [0.15, 0.2) is 107 Å². The minimum absolute atomic E-state index is 0.125. The Morgan fingerprint density at radius 1 is 0.846 bits per heavy atom. The fourth-order valence-electron chi connectivity index (χ4n) is 4.29. The van der Waals surface area contributed by atoms with Gasteiger partial charge in [-0.25, -0.2) is 9.97 Å². The number of carbonyl (C=O) groups is 1. The highest BCUT2D eigenvalue weighted by atomic mass is 32.2. The normalized spacial score (nSPS) is 11.9. The van der Waals surface area contributed by atoms with Gasteiger partial charge in [-0.3, -0.25) is 4.79 Å². The second-order valence-electron chi connectivity index (χ2n) is 9.77. The fraction of sp³-hybridized carbons (Fsp3) is 0.156. The summed E-state index contributed by atoms with van der Waals surface area (Å²) in [5, 5.41) is 7.53. The van der Waals surface area contributed by atoms with Crippen molar-refractivity contribution in [2.75, 3.05) is 11.1 Å². The summed E-state index contributed by atoms with van der Waals surface area (Å²) in [5.41, 5.74) is 11.1. The van der Waals surface area contributed by atoms with Gasteiger partial charge in [-0.1, -0.05) is 62.0 Å². The van der Waals surface area contributed by atoms with Gasteiger partial charge in [-0.15, -0.1) is 0 Å². The number of nitrogens with two attached hydrogens (primary N) is 1. The molecule has 0 bridgehead atoms. The molecule has 0 aliphatic carbocycles. The Morgan fingerprint density at radius 2 is 1.62 bits per heavy atom. The van der Waals surface area contributed by atoms with E-state index in [1.807, 2.05) is 79.7 Å². The van der Waals surface area contributed by atoms with Crippen molar-refractivity contribution in [3.05, 3.63) is 114 Å². The van der Waals surface area contributed by atoms with Crippen molar-refractivity contribution in [3.63, 3.8) is 0 Å². The molecule has 0 aliphatic heterocycles. The van der Waals surface area contributed by atoms with E-state index in [9.17, 15) is 4.79 Å². The van der Waals surface area contributed by atoms with Gasteiger partial charge in [-0.05, 0) is 78.6 Å². The summed E-state index contributed by atoms with van der Waals surface area (Å²) >= 11 is 1.59. The number of nitrogens with zero attached hydrogens (tertiary/aromatic N) is 2. The Bertz CT molecular complexity index is 1600. The maximum atomic E-state index is 13.3. The molecular weight excluding hydrogens is 502 g/mol. The summed E-state index contributed by atoms with van der Waals surface area (Å²) < 4.78 is 0. The van der Waals surface area contributed by atoms with Gasteiger partial charge in [0.25, 0.3) is 5.91 Å². The Morgan fingerprint density at radius 3 is 2.36 bits per heavy atom. The Kier molecular flexibility index (Phi) is 7.79. The first-order valence-corrected chi connectivity index (χ1v) is 13.7. The zero-order valence-corrected chi connectivity index (χ0v) is 23.0. The second-order valence-corrected chi connectivity index (χ2v) is 10.9. The van der Waals surface area contributed by atoms with Crippen molar-refractivity contribution in [1.82, 2.24) is 15.3 Å². The van der Waals surface area contributed by atoms with E-state index >= 15 is 0 Å². The largest absolute Gasteiger partial charge is 0.399 e. The molecule has 5 rings (SSSR count). The number of amides is 1. The van der Waals surface area contributed by atoms with Crippen molar-refractivity contribution < 1.29 is 4.79 Å². The van der Waals surface area contributed by atoms with Gasteiger partial charge in [-0.2, -0.15) is 0 Å². The molecule has 39 heavy (non-hydrogen) atoms. The van der Waals surface area contributed by atoms with Crippen LogP contribution >= 0.6 is 11.8 Å². The Balaban J connectivity index is 1.49. The zero-order valence-electron chi connectivity index (χ0n) is 22.2. The maximum absolute atomic E-state index is 13.3. The summed E-state index contributed by atoms with van der Waals surface area (Å²) in [6.07, 6.45) is 1.57. The summed E-state index contributed by atoms with van der Waals surface area (Å²) in [4.78, 5) is 24.3. The lowest BCUT2D eigenvalue weighted by molar-refractivity contribution is 0.0940. The van der Waals surface area contributed by atoms with Crippen molar-refractivity contribution in [2.24, 2.45) is 0 Å². The van der Waals surface area contributed by atoms with Crippen LogP contribution in [0.3, 0.4) is 0 Å². The number of nitrogen functional groups attached to an aromatic ring is 1. The van der Waals surface area contributed by atoms with E-state index in [-0.39, 0.29) is 11.9 Å². The first-order chi connectivity index (χ1) is 18.9. The van der Waals surface area contributed by atoms with Gasteiger partial charge >= 0.3 is 0 Å². The summed E-state index contributed by atoms with van der Waals surface area (Å²) in [7, 11) is 0. The van der Waals surface area contributed by atoms with Crippen LogP contribution in [-0.2, 0) is 0 Å². The van der Waals surface area contributed by atoms with Crippen molar-refractivity contribution in [1.29, 1.82) is 0 Å². The van der Waals surface area contributed by atoms with Crippen LogP contribution in [0.25, 0.3) is 10.9 Å². The number of fused-ring (bicyclic) bond motifs is 1. The SMILES string of the molecule is CC(C)c1ccc2c(Nc3cc(C(=O)N[C@@H](C)c4ccccc4)ccc3Sc3ccc(N)cc3)ncnc2c1. The number of aromatic nitrogens is 2. The molecule has 0 unspecified atom stereocenters. The summed E-state index contributed by atoms with van der Waals surface area (Å²) in [5.74, 6) is 0.939. The van der Waals surface area contributed by atoms with E-state index in [2.05, 4.69) is 52.6 Å². The monoisotopic (exact) mass is 533 g/mol. The number of benzene rings is 4. The number of hydrogen-bond donors (Lipinski definition) is 3. The summed E-state index contributed by atoms with van der Waals surface area (Å²) in [6, 6.07) is 29.5. The third-order valence-electron chi connectivity index (χ3n) is 6.58. The highest BCUT2D eigenvalue weighted by Gasteiger charge is 2.16. The van der Waals surface area contributed by atoms with Gasteiger partial charge in [0.15, 0.2) is 0 Å². The van der Waals surface area contributed by atoms with Crippen LogP contribution in [0.4, 0.5) is 17.2 Å². The predicted octanol–water partition coefficient (Wildman–Crippen LogP) is 7.72. The van der Waals surface area contributed by atoms with E-state index in [0.29, 0.717) is 23.0 Å². The Labute approximate surface area is 233 Å². The lowest BCUT2D eigenvalue weighted by Gasteiger charge is -2.17. The van der Waals surface area contributed by atoms with Gasteiger partial charge in [0.05, 0.1) is 17.2 Å². The molecule has 1 amide bonds. The molecule has 0 fully saturated rings. The molecule has 1 atom stereocenters. The molecule has 0 saturated carbocycles. The number of nitrogens with one attached hydrogen (secondary N) is 2. The number of carbonyl (C=O) groups excluding carboxylic acids is 1. The van der Waals surface area contributed by atoms with Gasteiger partial charge < -0.3 is 16.4 Å². The first-order valence-electron chi connectivity index (χ1n) is 12.9. The van der Waals surface area contributed by atoms with Crippen LogP contribution in [0.1, 0.15) is 54.2 Å². The van der Waals surface area contributed by atoms with Crippen molar-refractivity contribution in [2.45, 2.75) is 42.5 Å². The average molecular weight is 534 g/mol. The molecule has 6 nitrogen and oxygen atoms in total. The van der Waals surface area contributed by atoms with E-state index in [1.165, 1.54) is 5.56 Å². The quantitative estimate of drug-likeness (QED) is 0.177. The van der Waals surface area contributed by atoms with Crippen molar-refractivity contribution in [3.8, 4) is 0 Å². The van der Waals surface area contributed by atoms with Crippen LogP contribution < -0.4 is 16.4 Å². The second kappa shape index (κ2) is 11.6. The minimum Gasteiger partial charge on any atom is -0.399 e. The smallest absolute Gasteiger partial charge is 0.251 e. The van der Waals surface area contributed by atoms with Gasteiger partial charge in [0, 0.05) is 26.4 Å². The standard InChI is InChI=1S/C32H31N5OS/c1-20(2)23-9-15-27-28(17-23)34-19-35-31(27)37-29-18-24(32(38)36-21(3)22-7-5-4-6-8-22)10-16-30(29)39-26-13-11-25(33)12-14-26/h4-21H,33H2,1-3H3,(H,36,38)(H,34,35,37)/t21-/m0/s1. The molecule has 4 N–H and O–H groups in total. The summed E-state index contributed by atoms with van der Waals surface area (Å²) in [6.45, 7) is 6.31. The zero-order chi connectivity index (χ0) is 27.4. The van der Waals surface area contributed by atoms with E-state index < -0.39 is 0 Å². The van der Waals surface area contributed by atoms with Gasteiger partial charge in [0.2, 0.25) is 0 Å². The number of rotatable bonds is 8. The topological polar surface area (TPSA) is 92.9 Å². The van der Waals surface area contributed by atoms with Gasteiger partial charge in [0.1, 0.15) is 12.1 Å². The van der Waals surface area contributed by atoms with E-state index in [0.717, 1.165) is 31.9 Å². The molecular formula is C32H31N5OS. The molecule has 1 heterocycles. The average Bonchev–Trinajstić information content (AvgIpc) is 2.95. The number of anilines is 3. The molecule has 1 aromatic heterocycles. The van der Waals surface area contributed by atoms with E-state index in [1.54, 1.807) is 18.1 Å². The fourth-order valence-corrected chi connectivity index (χ4v) is 5.17. The minimum atomic E-state index is -0.146. The molecule has 5 aromatic rings. The van der Waals surface area contributed by atoms with Crippen LogP contribution in [0.2, 0.25) is 0 Å². The molecule has 0 radical (unpaired) electrons. The Hall–Kier alpha value is -4.36. The van der Waals surface area contributed by atoms with Crippen LogP contribution in [0.5, 0.6) is 0 Å². The van der Waals surface area contributed by atoms with Crippen LogP contribution in [-0.4, -0.2) is 15.9 Å². The lowest BCUT2D eigenvalue weighted by atomic mass is 10.0. The predicted molar refractivity (Wildman–Crippen MR) is 161 cm³/mol. The van der Waals surface area contributed by atoms with Crippen molar-refractivity contribution >= 4 is 45.8 Å². The van der Waals surface area contributed by atoms with E-state index in [4.69, 9.17) is 5.73 Å². The number of hydrogen-bond acceptors (Lipinski definition) is 6.